The Morgan fingerprint density at radius 2 is 2.06 bits per heavy atom. The number of nitrogens with two attached hydrogens (primary N) is 1. The van der Waals surface area contributed by atoms with Crippen LogP contribution in [0.15, 0.2) is 12.3 Å². The number of H-pyrrole nitrogens is 1. The van der Waals surface area contributed by atoms with E-state index in [0.29, 0.717) is 8.67 Å². The molecular formula is C12H15Cl2N3S. The van der Waals surface area contributed by atoms with E-state index in [1.807, 2.05) is 6.07 Å². The summed E-state index contributed by atoms with van der Waals surface area (Å²) in [6.07, 6.45) is 3.41. The van der Waals surface area contributed by atoms with Crippen LogP contribution in [0.4, 0.5) is 0 Å². The molecule has 0 spiro atoms. The number of thiophene rings is 1. The summed E-state index contributed by atoms with van der Waals surface area (Å²) in [4.78, 5) is 7.63. The first-order chi connectivity index (χ1) is 8.50. The van der Waals surface area contributed by atoms with Gasteiger partial charge in [-0.2, -0.15) is 0 Å². The first kappa shape index (κ1) is 13.9. The van der Waals surface area contributed by atoms with E-state index in [9.17, 15) is 0 Å². The Balaban J connectivity index is 2.39. The second kappa shape index (κ2) is 5.21. The molecule has 98 valence electrons. The normalized spacial score (nSPS) is 12.1. The molecule has 2 aromatic rings. The summed E-state index contributed by atoms with van der Waals surface area (Å²) in [5.74, 6) is 0.792. The minimum absolute atomic E-state index is 0.412. The third-order valence-electron chi connectivity index (χ3n) is 3.26. The summed E-state index contributed by atoms with van der Waals surface area (Å²) in [5.41, 5.74) is 7.62. The van der Waals surface area contributed by atoms with Crippen LogP contribution < -0.4 is 5.73 Å². The van der Waals surface area contributed by atoms with E-state index in [1.165, 1.54) is 11.3 Å². The zero-order valence-corrected chi connectivity index (χ0v) is 12.6. The largest absolute Gasteiger partial charge is 0.340 e. The molecule has 0 saturated heterocycles. The molecule has 0 saturated carbocycles. The average Bonchev–Trinajstić information content (AvgIpc) is 2.95. The van der Waals surface area contributed by atoms with Crippen molar-refractivity contribution in [3.05, 3.63) is 26.8 Å². The van der Waals surface area contributed by atoms with Gasteiger partial charge in [0.25, 0.3) is 0 Å². The van der Waals surface area contributed by atoms with Crippen molar-refractivity contribution in [1.29, 1.82) is 0 Å². The first-order valence-electron chi connectivity index (χ1n) is 5.79. The number of nitrogens with zero attached hydrogens (tertiary/aromatic N) is 1. The summed E-state index contributed by atoms with van der Waals surface area (Å²) < 4.78 is 1.32. The highest BCUT2D eigenvalue weighted by atomic mass is 35.5. The summed E-state index contributed by atoms with van der Waals surface area (Å²) in [6, 6.07) is 1.84. The Morgan fingerprint density at radius 1 is 1.39 bits per heavy atom. The fraction of sp³-hybridized carbons (Fsp3) is 0.417. The fourth-order valence-corrected chi connectivity index (χ4v) is 3.31. The Bertz CT molecular complexity index is 543. The minimum atomic E-state index is -0.412. The highest BCUT2D eigenvalue weighted by molar-refractivity contribution is 7.20. The fourth-order valence-electron chi connectivity index (χ4n) is 1.82. The number of halogens is 2. The molecule has 0 radical (unpaired) electrons. The van der Waals surface area contributed by atoms with Crippen LogP contribution in [0.2, 0.25) is 8.67 Å². The molecular weight excluding hydrogens is 289 g/mol. The molecule has 0 amide bonds. The summed E-state index contributed by atoms with van der Waals surface area (Å²) >= 11 is 13.4. The van der Waals surface area contributed by atoms with Crippen molar-refractivity contribution in [3.63, 3.8) is 0 Å². The quantitative estimate of drug-likeness (QED) is 0.878. The minimum Gasteiger partial charge on any atom is -0.340 e. The molecule has 3 nitrogen and oxygen atoms in total. The van der Waals surface area contributed by atoms with Crippen LogP contribution in [0.25, 0.3) is 11.3 Å². The van der Waals surface area contributed by atoms with Crippen LogP contribution in [-0.2, 0) is 5.54 Å². The van der Waals surface area contributed by atoms with Crippen molar-refractivity contribution in [2.45, 2.75) is 32.2 Å². The molecule has 0 aromatic carbocycles. The number of rotatable bonds is 4. The van der Waals surface area contributed by atoms with E-state index in [0.717, 1.165) is 29.9 Å². The topological polar surface area (TPSA) is 54.7 Å². The Hall–Kier alpha value is -0.550. The van der Waals surface area contributed by atoms with E-state index in [4.69, 9.17) is 28.9 Å². The number of aromatic amines is 1. The van der Waals surface area contributed by atoms with Gasteiger partial charge in [0.05, 0.1) is 21.8 Å². The van der Waals surface area contributed by atoms with E-state index in [2.05, 4.69) is 23.8 Å². The lowest BCUT2D eigenvalue weighted by atomic mass is 9.93. The van der Waals surface area contributed by atoms with Crippen LogP contribution >= 0.6 is 34.5 Å². The SMILES string of the molecule is CCC(N)(CC)c1ncc(-c2cc(Cl)sc2Cl)[nH]1. The lowest BCUT2D eigenvalue weighted by Gasteiger charge is -2.23. The van der Waals surface area contributed by atoms with Gasteiger partial charge in [0.2, 0.25) is 0 Å². The molecule has 2 heterocycles. The number of hydrogen-bond acceptors (Lipinski definition) is 3. The molecule has 0 bridgehead atoms. The van der Waals surface area contributed by atoms with E-state index in [1.54, 1.807) is 6.20 Å². The van der Waals surface area contributed by atoms with Gasteiger partial charge in [0, 0.05) is 5.56 Å². The summed E-state index contributed by atoms with van der Waals surface area (Å²) in [7, 11) is 0. The smallest absolute Gasteiger partial charge is 0.126 e. The predicted molar refractivity (Wildman–Crippen MR) is 78.4 cm³/mol. The highest BCUT2D eigenvalue weighted by Gasteiger charge is 2.26. The molecule has 0 fully saturated rings. The molecule has 0 aliphatic heterocycles. The van der Waals surface area contributed by atoms with Crippen LogP contribution in [0.5, 0.6) is 0 Å². The molecule has 0 aliphatic carbocycles. The van der Waals surface area contributed by atoms with Crippen molar-refractivity contribution < 1.29 is 0 Å². The predicted octanol–water partition coefficient (Wildman–Crippen LogP) is 4.42. The maximum absolute atomic E-state index is 6.30. The third-order valence-corrected chi connectivity index (χ3v) is 4.74. The Labute approximate surface area is 120 Å². The van der Waals surface area contributed by atoms with Gasteiger partial charge < -0.3 is 10.7 Å². The number of nitrogens with one attached hydrogen (secondary N) is 1. The van der Waals surface area contributed by atoms with Gasteiger partial charge in [-0.3, -0.25) is 0 Å². The van der Waals surface area contributed by atoms with Gasteiger partial charge in [-0.1, -0.05) is 37.0 Å². The van der Waals surface area contributed by atoms with Crippen LogP contribution in [0.1, 0.15) is 32.5 Å². The van der Waals surface area contributed by atoms with Gasteiger partial charge in [-0.25, -0.2) is 4.98 Å². The van der Waals surface area contributed by atoms with Gasteiger partial charge in [0.15, 0.2) is 0 Å². The van der Waals surface area contributed by atoms with Crippen molar-refractivity contribution >= 4 is 34.5 Å². The zero-order valence-electron chi connectivity index (χ0n) is 10.3. The Morgan fingerprint density at radius 3 is 2.56 bits per heavy atom. The van der Waals surface area contributed by atoms with Crippen molar-refractivity contribution in [3.8, 4) is 11.3 Å². The maximum Gasteiger partial charge on any atom is 0.126 e. The monoisotopic (exact) mass is 303 g/mol. The second-order valence-corrected chi connectivity index (χ2v) is 6.53. The van der Waals surface area contributed by atoms with Crippen molar-refractivity contribution in [2.24, 2.45) is 5.73 Å². The van der Waals surface area contributed by atoms with Gasteiger partial charge >= 0.3 is 0 Å². The van der Waals surface area contributed by atoms with E-state index in [-0.39, 0.29) is 0 Å². The van der Waals surface area contributed by atoms with Gasteiger partial charge in [-0.15, -0.1) is 11.3 Å². The lowest BCUT2D eigenvalue weighted by Crippen LogP contribution is -2.36. The van der Waals surface area contributed by atoms with Crippen LogP contribution in [0, 0.1) is 0 Å². The number of imidazole rings is 1. The summed E-state index contributed by atoms with van der Waals surface area (Å²) in [5, 5.41) is 0. The van der Waals surface area contributed by atoms with Crippen molar-refractivity contribution in [1.82, 2.24) is 9.97 Å². The highest BCUT2D eigenvalue weighted by Crippen LogP contribution is 2.38. The molecule has 0 aliphatic rings. The van der Waals surface area contributed by atoms with Crippen LogP contribution in [-0.4, -0.2) is 9.97 Å². The first-order valence-corrected chi connectivity index (χ1v) is 7.37. The molecule has 2 rings (SSSR count). The average molecular weight is 304 g/mol. The summed E-state index contributed by atoms with van der Waals surface area (Å²) in [6.45, 7) is 4.11. The molecule has 18 heavy (non-hydrogen) atoms. The van der Waals surface area contributed by atoms with E-state index >= 15 is 0 Å². The number of aromatic nitrogens is 2. The van der Waals surface area contributed by atoms with Crippen LogP contribution in [0.3, 0.4) is 0 Å². The van der Waals surface area contributed by atoms with Crippen molar-refractivity contribution in [2.75, 3.05) is 0 Å². The van der Waals surface area contributed by atoms with E-state index < -0.39 is 5.54 Å². The molecule has 0 atom stereocenters. The molecule has 3 N–H and O–H groups in total. The standard InChI is InChI=1S/C12H15Cl2N3S/c1-3-12(15,4-2)11-16-6-8(17-11)7-5-9(13)18-10(7)14/h5-6H,3-4,15H2,1-2H3,(H,16,17). The third kappa shape index (κ3) is 2.43. The number of hydrogen-bond donors (Lipinski definition) is 2. The lowest BCUT2D eigenvalue weighted by molar-refractivity contribution is 0.391. The molecule has 0 unspecified atom stereocenters. The zero-order chi connectivity index (χ0) is 13.3. The Kier molecular flexibility index (Phi) is 4.02. The second-order valence-electron chi connectivity index (χ2n) is 4.25. The van der Waals surface area contributed by atoms with Gasteiger partial charge in [0.1, 0.15) is 10.2 Å². The van der Waals surface area contributed by atoms with Gasteiger partial charge in [-0.05, 0) is 18.9 Å². The molecule has 2 aromatic heterocycles. The molecule has 6 heteroatoms. The maximum atomic E-state index is 6.30.